The molecular weight excluding hydrogens is 284 g/mol. The first-order valence-electron chi connectivity index (χ1n) is 7.71. The summed E-state index contributed by atoms with van der Waals surface area (Å²) in [7, 11) is -3.47. The zero-order chi connectivity index (χ0) is 16.0. The average Bonchev–Trinajstić information content (AvgIpc) is 2.42. The molecule has 0 heterocycles. The number of nitrogens with zero attached hydrogens (tertiary/aromatic N) is 1. The quantitative estimate of drug-likeness (QED) is 0.747. The second-order valence-electron chi connectivity index (χ2n) is 5.57. The third kappa shape index (κ3) is 4.45. The molecule has 4 nitrogen and oxygen atoms in total. The Morgan fingerprint density at radius 3 is 2.05 bits per heavy atom. The Bertz CT molecular complexity index is 560. The van der Waals surface area contributed by atoms with Crippen LogP contribution in [0.3, 0.4) is 0 Å². The first-order chi connectivity index (χ1) is 9.84. The molecule has 0 aliphatic rings. The lowest BCUT2D eigenvalue weighted by atomic mass is 10.1. The van der Waals surface area contributed by atoms with Gasteiger partial charge in [0.1, 0.15) is 0 Å². The molecule has 0 amide bonds. The van der Waals surface area contributed by atoms with E-state index < -0.39 is 10.0 Å². The fourth-order valence-electron chi connectivity index (χ4n) is 2.28. The van der Waals surface area contributed by atoms with Crippen molar-refractivity contribution in [3.63, 3.8) is 0 Å². The molecule has 0 aliphatic heterocycles. The summed E-state index contributed by atoms with van der Waals surface area (Å²) in [5.41, 5.74) is 8.05. The second-order valence-corrected chi connectivity index (χ2v) is 7.48. The third-order valence-corrected chi connectivity index (χ3v) is 5.81. The number of hydrogen-bond donors (Lipinski definition) is 1. The number of nitrogens with two attached hydrogens (primary N) is 1. The van der Waals surface area contributed by atoms with Crippen molar-refractivity contribution >= 4 is 15.7 Å². The van der Waals surface area contributed by atoms with Gasteiger partial charge in [-0.25, -0.2) is 8.42 Å². The molecule has 0 saturated heterocycles. The maximum atomic E-state index is 12.9. The summed E-state index contributed by atoms with van der Waals surface area (Å²) in [5.74, 6) is 0. The summed E-state index contributed by atoms with van der Waals surface area (Å²) < 4.78 is 27.5. The van der Waals surface area contributed by atoms with Crippen molar-refractivity contribution < 1.29 is 8.42 Å². The summed E-state index contributed by atoms with van der Waals surface area (Å²) in [6.07, 6.45) is 3.72. The predicted octanol–water partition coefficient (Wildman–Crippen LogP) is 3.48. The maximum absolute atomic E-state index is 12.9. The molecule has 0 radical (unpaired) electrons. The van der Waals surface area contributed by atoms with E-state index in [1.54, 1.807) is 10.4 Å². The van der Waals surface area contributed by atoms with Crippen LogP contribution in [0.25, 0.3) is 0 Å². The van der Waals surface area contributed by atoms with Gasteiger partial charge in [-0.15, -0.1) is 0 Å². The molecule has 1 rings (SSSR count). The average molecular weight is 312 g/mol. The summed E-state index contributed by atoms with van der Waals surface area (Å²) in [6, 6.07) is 3.40. The van der Waals surface area contributed by atoms with Gasteiger partial charge in [0.25, 0.3) is 0 Å². The van der Waals surface area contributed by atoms with Gasteiger partial charge in [0.05, 0.1) is 4.90 Å². The summed E-state index contributed by atoms with van der Waals surface area (Å²) in [6.45, 7) is 9.03. The topological polar surface area (TPSA) is 63.4 Å². The van der Waals surface area contributed by atoms with Gasteiger partial charge < -0.3 is 5.73 Å². The van der Waals surface area contributed by atoms with E-state index in [4.69, 9.17) is 5.73 Å². The molecule has 0 bridgehead atoms. The van der Waals surface area contributed by atoms with Crippen molar-refractivity contribution in [3.8, 4) is 0 Å². The minimum Gasteiger partial charge on any atom is -0.399 e. The Labute approximate surface area is 129 Å². The number of aryl methyl sites for hydroxylation is 1. The SMILES string of the molecule is CCCCN(CCCC)S(=O)(=O)c1cc(N)cc(C)c1C. The zero-order valence-electron chi connectivity index (χ0n) is 13.6. The Balaban J connectivity index is 3.21. The normalized spacial score (nSPS) is 12.0. The molecule has 5 heteroatoms. The van der Waals surface area contributed by atoms with Gasteiger partial charge >= 0.3 is 0 Å². The van der Waals surface area contributed by atoms with Gasteiger partial charge in [-0.3, -0.25) is 0 Å². The van der Waals surface area contributed by atoms with Crippen LogP contribution in [0.2, 0.25) is 0 Å². The van der Waals surface area contributed by atoms with Crippen LogP contribution < -0.4 is 5.73 Å². The van der Waals surface area contributed by atoms with E-state index in [9.17, 15) is 8.42 Å². The van der Waals surface area contributed by atoms with E-state index >= 15 is 0 Å². The fourth-order valence-corrected chi connectivity index (χ4v) is 4.13. The van der Waals surface area contributed by atoms with Crippen LogP contribution in [-0.4, -0.2) is 25.8 Å². The molecule has 21 heavy (non-hydrogen) atoms. The highest BCUT2D eigenvalue weighted by Gasteiger charge is 2.26. The van der Waals surface area contributed by atoms with Crippen LogP contribution in [0.1, 0.15) is 50.7 Å². The Hall–Kier alpha value is -1.07. The monoisotopic (exact) mass is 312 g/mol. The summed E-state index contributed by atoms with van der Waals surface area (Å²) >= 11 is 0. The highest BCUT2D eigenvalue weighted by molar-refractivity contribution is 7.89. The first kappa shape index (κ1) is 18.0. The van der Waals surface area contributed by atoms with Crippen molar-refractivity contribution in [2.24, 2.45) is 0 Å². The van der Waals surface area contributed by atoms with E-state index in [1.807, 2.05) is 19.9 Å². The molecule has 0 unspecified atom stereocenters. The lowest BCUT2D eigenvalue weighted by Crippen LogP contribution is -2.33. The highest BCUT2D eigenvalue weighted by Crippen LogP contribution is 2.26. The molecular formula is C16H28N2O2S. The van der Waals surface area contributed by atoms with Crippen molar-refractivity contribution in [2.45, 2.75) is 58.3 Å². The molecule has 0 fully saturated rings. The second kappa shape index (κ2) is 7.80. The predicted molar refractivity (Wildman–Crippen MR) is 88.9 cm³/mol. The van der Waals surface area contributed by atoms with Crippen molar-refractivity contribution in [3.05, 3.63) is 23.3 Å². The number of hydrogen-bond acceptors (Lipinski definition) is 3. The zero-order valence-corrected chi connectivity index (χ0v) is 14.5. The Kier molecular flexibility index (Phi) is 6.68. The van der Waals surface area contributed by atoms with E-state index in [0.717, 1.165) is 36.8 Å². The number of unbranched alkanes of at least 4 members (excludes halogenated alkanes) is 2. The number of anilines is 1. The Morgan fingerprint density at radius 2 is 1.57 bits per heavy atom. The molecule has 0 spiro atoms. The van der Waals surface area contributed by atoms with Gasteiger partial charge in [0, 0.05) is 18.8 Å². The molecule has 0 atom stereocenters. The smallest absolute Gasteiger partial charge is 0.243 e. The summed E-state index contributed by atoms with van der Waals surface area (Å²) in [4.78, 5) is 0.354. The molecule has 0 aromatic heterocycles. The van der Waals surface area contributed by atoms with Gasteiger partial charge in [-0.05, 0) is 49.9 Å². The minimum atomic E-state index is -3.47. The van der Waals surface area contributed by atoms with Gasteiger partial charge in [0.15, 0.2) is 0 Å². The summed E-state index contributed by atoms with van der Waals surface area (Å²) in [5, 5.41) is 0. The number of nitrogen functional groups attached to an aromatic ring is 1. The van der Waals surface area contributed by atoms with Crippen LogP contribution in [-0.2, 0) is 10.0 Å². The van der Waals surface area contributed by atoms with Crippen LogP contribution >= 0.6 is 0 Å². The van der Waals surface area contributed by atoms with Crippen molar-refractivity contribution in [2.75, 3.05) is 18.8 Å². The third-order valence-electron chi connectivity index (χ3n) is 3.78. The number of sulfonamides is 1. The van der Waals surface area contributed by atoms with Crippen LogP contribution in [0.15, 0.2) is 17.0 Å². The highest BCUT2D eigenvalue weighted by atomic mass is 32.2. The number of rotatable bonds is 8. The number of benzene rings is 1. The molecule has 0 aliphatic carbocycles. The van der Waals surface area contributed by atoms with Crippen molar-refractivity contribution in [1.82, 2.24) is 4.31 Å². The molecule has 1 aromatic carbocycles. The van der Waals surface area contributed by atoms with Gasteiger partial charge in [-0.1, -0.05) is 26.7 Å². The van der Waals surface area contributed by atoms with E-state index in [0.29, 0.717) is 23.7 Å². The molecule has 1 aromatic rings. The minimum absolute atomic E-state index is 0.354. The van der Waals surface area contributed by atoms with E-state index in [-0.39, 0.29) is 0 Å². The fraction of sp³-hybridized carbons (Fsp3) is 0.625. The van der Waals surface area contributed by atoms with E-state index in [1.165, 1.54) is 0 Å². The standard InChI is InChI=1S/C16H28N2O2S/c1-5-7-9-18(10-8-6-2)21(19,20)16-12-15(17)11-13(3)14(16)4/h11-12H,5-10,17H2,1-4H3. The van der Waals surface area contributed by atoms with Gasteiger partial charge in [0.2, 0.25) is 10.0 Å². The largest absolute Gasteiger partial charge is 0.399 e. The van der Waals surface area contributed by atoms with Gasteiger partial charge in [-0.2, -0.15) is 4.31 Å². The van der Waals surface area contributed by atoms with Crippen molar-refractivity contribution in [1.29, 1.82) is 0 Å². The first-order valence-corrected chi connectivity index (χ1v) is 9.15. The molecule has 0 saturated carbocycles. The molecule has 2 N–H and O–H groups in total. The lowest BCUT2D eigenvalue weighted by molar-refractivity contribution is 0.395. The Morgan fingerprint density at radius 1 is 1.05 bits per heavy atom. The maximum Gasteiger partial charge on any atom is 0.243 e. The van der Waals surface area contributed by atoms with E-state index in [2.05, 4.69) is 13.8 Å². The van der Waals surface area contributed by atoms with Crippen LogP contribution in [0.5, 0.6) is 0 Å². The molecule has 120 valence electrons. The lowest BCUT2D eigenvalue weighted by Gasteiger charge is -2.23. The van der Waals surface area contributed by atoms with Crippen LogP contribution in [0.4, 0.5) is 5.69 Å². The van der Waals surface area contributed by atoms with Crippen LogP contribution in [0, 0.1) is 13.8 Å².